The number of likely N-dealkylation sites (tertiary alicyclic amines) is 1. The monoisotopic (exact) mass is 373 g/mol. The molecule has 0 radical (unpaired) electrons. The Kier molecular flexibility index (Phi) is 3.79. The maximum atomic E-state index is 12.9. The van der Waals surface area contributed by atoms with Crippen LogP contribution in [-0.4, -0.2) is 50.6 Å². The molecule has 8 heteroatoms. The Morgan fingerprint density at radius 1 is 1.19 bits per heavy atom. The number of piperidine rings is 1. The second kappa shape index (κ2) is 6.09. The van der Waals surface area contributed by atoms with Gasteiger partial charge in [-0.15, -0.1) is 5.10 Å². The van der Waals surface area contributed by atoms with E-state index in [2.05, 4.69) is 20.3 Å². The number of carbonyl (C=O) groups is 1. The molecular weight excluding hydrogens is 352 g/mol. The van der Waals surface area contributed by atoms with Crippen molar-refractivity contribution in [1.29, 1.82) is 0 Å². The zero-order valence-electron chi connectivity index (χ0n) is 14.8. The van der Waals surface area contributed by atoms with Crippen LogP contribution in [0.15, 0.2) is 36.7 Å². The van der Waals surface area contributed by atoms with E-state index in [1.807, 2.05) is 30.3 Å². The van der Waals surface area contributed by atoms with Crippen molar-refractivity contribution in [3.8, 4) is 5.69 Å². The van der Waals surface area contributed by atoms with Gasteiger partial charge in [-0.2, -0.15) is 0 Å². The lowest BCUT2D eigenvalue weighted by molar-refractivity contribution is -0.150. The summed E-state index contributed by atoms with van der Waals surface area (Å²) in [5.74, 6) is -1.73. The van der Waals surface area contributed by atoms with Gasteiger partial charge in [0.2, 0.25) is 11.8 Å². The van der Waals surface area contributed by atoms with E-state index in [9.17, 15) is 13.6 Å². The SMILES string of the molecule is O=C(NC1[C@H]2CN(Cc3ncn(-c4ccccc4)n3)C[C@@H]12)C1CC(F)(F)C1. The molecule has 3 fully saturated rings. The molecule has 2 heterocycles. The van der Waals surface area contributed by atoms with E-state index in [-0.39, 0.29) is 24.8 Å². The number of benzene rings is 1. The second-order valence-electron chi connectivity index (χ2n) is 7.96. The molecule has 2 saturated carbocycles. The number of rotatable bonds is 5. The van der Waals surface area contributed by atoms with Crippen molar-refractivity contribution in [2.24, 2.45) is 17.8 Å². The zero-order valence-corrected chi connectivity index (χ0v) is 14.8. The first-order valence-corrected chi connectivity index (χ1v) is 9.35. The number of hydrogen-bond acceptors (Lipinski definition) is 4. The Labute approximate surface area is 155 Å². The highest BCUT2D eigenvalue weighted by molar-refractivity contribution is 5.80. The zero-order chi connectivity index (χ0) is 18.6. The fraction of sp³-hybridized carbons (Fsp3) is 0.526. The summed E-state index contributed by atoms with van der Waals surface area (Å²) < 4.78 is 27.6. The summed E-state index contributed by atoms with van der Waals surface area (Å²) >= 11 is 0. The first-order valence-electron chi connectivity index (χ1n) is 9.35. The molecule has 1 saturated heterocycles. The number of fused-ring (bicyclic) bond motifs is 1. The van der Waals surface area contributed by atoms with Crippen molar-refractivity contribution < 1.29 is 13.6 Å². The summed E-state index contributed by atoms with van der Waals surface area (Å²) in [6.45, 7) is 2.45. The largest absolute Gasteiger partial charge is 0.352 e. The molecule has 6 nitrogen and oxygen atoms in total. The van der Waals surface area contributed by atoms with Crippen LogP contribution in [-0.2, 0) is 11.3 Å². The van der Waals surface area contributed by atoms with Gasteiger partial charge in [-0.05, 0) is 24.0 Å². The van der Waals surface area contributed by atoms with Gasteiger partial charge in [0.15, 0.2) is 5.82 Å². The summed E-state index contributed by atoms with van der Waals surface area (Å²) in [6.07, 6.45) is 1.12. The molecule has 3 atom stereocenters. The van der Waals surface area contributed by atoms with Crippen molar-refractivity contribution in [3.05, 3.63) is 42.5 Å². The molecule has 2 aromatic rings. The molecule has 1 N–H and O–H groups in total. The van der Waals surface area contributed by atoms with Gasteiger partial charge in [-0.1, -0.05) is 18.2 Å². The van der Waals surface area contributed by atoms with E-state index in [0.717, 1.165) is 24.6 Å². The molecule has 1 aromatic heterocycles. The highest BCUT2D eigenvalue weighted by Crippen LogP contribution is 2.47. The molecule has 1 amide bonds. The molecular formula is C19H21F2N5O. The van der Waals surface area contributed by atoms with Gasteiger partial charge in [0.05, 0.1) is 12.2 Å². The van der Waals surface area contributed by atoms with E-state index in [4.69, 9.17) is 0 Å². The van der Waals surface area contributed by atoms with Gasteiger partial charge in [0.1, 0.15) is 6.33 Å². The summed E-state index contributed by atoms with van der Waals surface area (Å²) in [4.78, 5) is 18.7. The van der Waals surface area contributed by atoms with Crippen molar-refractivity contribution in [3.63, 3.8) is 0 Å². The minimum absolute atomic E-state index is 0.151. The number of nitrogens with one attached hydrogen (secondary N) is 1. The number of halogens is 2. The Morgan fingerprint density at radius 2 is 1.89 bits per heavy atom. The normalized spacial score (nSPS) is 29.2. The highest BCUT2D eigenvalue weighted by atomic mass is 19.3. The van der Waals surface area contributed by atoms with Crippen LogP contribution in [0.1, 0.15) is 18.7 Å². The summed E-state index contributed by atoms with van der Waals surface area (Å²) in [7, 11) is 0. The maximum absolute atomic E-state index is 12.9. The topological polar surface area (TPSA) is 63.1 Å². The van der Waals surface area contributed by atoms with Gasteiger partial charge < -0.3 is 5.32 Å². The van der Waals surface area contributed by atoms with Gasteiger partial charge in [-0.3, -0.25) is 9.69 Å². The number of hydrogen-bond donors (Lipinski definition) is 1. The first-order chi connectivity index (χ1) is 13.0. The van der Waals surface area contributed by atoms with Gasteiger partial charge in [0, 0.05) is 37.9 Å². The van der Waals surface area contributed by atoms with Crippen LogP contribution < -0.4 is 5.32 Å². The average molecular weight is 373 g/mol. The van der Waals surface area contributed by atoms with Crippen LogP contribution in [0, 0.1) is 17.8 Å². The van der Waals surface area contributed by atoms with Crippen LogP contribution in [0.5, 0.6) is 0 Å². The smallest absolute Gasteiger partial charge is 0.249 e. The molecule has 5 rings (SSSR count). The quantitative estimate of drug-likeness (QED) is 0.869. The standard InChI is InChI=1S/C19H21F2N5O/c20-19(21)6-12(7-19)18(27)23-17-14-8-25(9-15(14)17)10-16-22-11-26(24-16)13-4-2-1-3-5-13/h1-5,11-12,14-15,17H,6-10H2,(H,23,27)/t14-,15+,17?. The van der Waals surface area contributed by atoms with E-state index >= 15 is 0 Å². The van der Waals surface area contributed by atoms with Crippen LogP contribution in [0.2, 0.25) is 0 Å². The maximum Gasteiger partial charge on any atom is 0.249 e. The van der Waals surface area contributed by atoms with Gasteiger partial charge in [0.25, 0.3) is 0 Å². The molecule has 1 aliphatic heterocycles. The summed E-state index contributed by atoms with van der Waals surface area (Å²) in [5.41, 5.74) is 0.977. The number of aromatic nitrogens is 3. The van der Waals surface area contributed by atoms with Crippen LogP contribution in [0.25, 0.3) is 5.69 Å². The summed E-state index contributed by atoms with van der Waals surface area (Å²) in [5, 5.41) is 7.50. The van der Waals surface area contributed by atoms with Crippen molar-refractivity contribution >= 4 is 5.91 Å². The number of para-hydroxylation sites is 1. The molecule has 0 bridgehead atoms. The van der Waals surface area contributed by atoms with Crippen molar-refractivity contribution in [2.45, 2.75) is 31.4 Å². The predicted octanol–water partition coefficient (Wildman–Crippen LogP) is 1.86. The fourth-order valence-corrected chi connectivity index (χ4v) is 4.36. The molecule has 0 spiro atoms. The van der Waals surface area contributed by atoms with E-state index in [1.54, 1.807) is 11.0 Å². The number of alkyl halides is 2. The Morgan fingerprint density at radius 3 is 2.56 bits per heavy atom. The molecule has 142 valence electrons. The Hall–Kier alpha value is -2.35. The lowest BCUT2D eigenvalue weighted by Crippen LogP contribution is -2.46. The molecule has 2 aliphatic carbocycles. The van der Waals surface area contributed by atoms with Crippen LogP contribution in [0.3, 0.4) is 0 Å². The van der Waals surface area contributed by atoms with Crippen molar-refractivity contribution in [1.82, 2.24) is 25.0 Å². The van der Waals surface area contributed by atoms with Gasteiger partial charge >= 0.3 is 0 Å². The number of amides is 1. The molecule has 3 aliphatic rings. The first kappa shape index (κ1) is 16.8. The average Bonchev–Trinajstić information content (AvgIpc) is 3.01. The van der Waals surface area contributed by atoms with Crippen LogP contribution >= 0.6 is 0 Å². The predicted molar refractivity (Wildman–Crippen MR) is 93.2 cm³/mol. The van der Waals surface area contributed by atoms with Crippen molar-refractivity contribution in [2.75, 3.05) is 13.1 Å². The third kappa shape index (κ3) is 3.22. The van der Waals surface area contributed by atoms with E-state index < -0.39 is 11.8 Å². The number of nitrogens with zero attached hydrogens (tertiary/aromatic N) is 4. The lowest BCUT2D eigenvalue weighted by atomic mass is 9.81. The summed E-state index contributed by atoms with van der Waals surface area (Å²) in [6, 6.07) is 10.00. The minimum atomic E-state index is -2.64. The fourth-order valence-electron chi connectivity index (χ4n) is 4.36. The molecule has 1 unspecified atom stereocenters. The second-order valence-corrected chi connectivity index (χ2v) is 7.96. The molecule has 1 aromatic carbocycles. The van der Waals surface area contributed by atoms with Gasteiger partial charge in [-0.25, -0.2) is 18.4 Å². The highest BCUT2D eigenvalue weighted by Gasteiger charge is 2.58. The van der Waals surface area contributed by atoms with Crippen LogP contribution in [0.4, 0.5) is 8.78 Å². The molecule has 27 heavy (non-hydrogen) atoms. The van der Waals surface area contributed by atoms with E-state index in [1.165, 1.54) is 0 Å². The third-order valence-electron chi connectivity index (χ3n) is 5.96. The van der Waals surface area contributed by atoms with E-state index in [0.29, 0.717) is 18.4 Å². The Bertz CT molecular complexity index is 835. The number of carbonyl (C=O) groups excluding carboxylic acids is 1. The minimum Gasteiger partial charge on any atom is -0.352 e. The third-order valence-corrected chi connectivity index (χ3v) is 5.96. The lowest BCUT2D eigenvalue weighted by Gasteiger charge is -2.34. The Balaban J connectivity index is 1.10.